The largest absolute Gasteiger partial charge is 0.508 e. The Bertz CT molecular complexity index is 657. The molecule has 0 saturated carbocycles. The Kier molecular flexibility index (Phi) is 3.79. The van der Waals surface area contributed by atoms with E-state index in [0.29, 0.717) is 5.52 Å². The summed E-state index contributed by atoms with van der Waals surface area (Å²) in [7, 11) is 1.34. The number of fused-ring (bicyclic) bond motifs is 1. The number of nitrogens with one attached hydrogen (secondary N) is 1. The molecule has 0 aliphatic carbocycles. The highest BCUT2D eigenvalue weighted by Gasteiger charge is 2.24. The van der Waals surface area contributed by atoms with Gasteiger partial charge in [-0.3, -0.25) is 0 Å². The van der Waals surface area contributed by atoms with Crippen LogP contribution in [0.5, 0.6) is 5.75 Å². The minimum atomic E-state index is -0.481. The minimum Gasteiger partial charge on any atom is -0.508 e. The van der Waals surface area contributed by atoms with Gasteiger partial charge < -0.3 is 19.6 Å². The van der Waals surface area contributed by atoms with E-state index in [-0.39, 0.29) is 17.4 Å². The van der Waals surface area contributed by atoms with Gasteiger partial charge in [0.2, 0.25) is 0 Å². The Morgan fingerprint density at radius 1 is 1.52 bits per heavy atom. The first-order valence-electron chi connectivity index (χ1n) is 7.20. The number of pyridine rings is 1. The van der Waals surface area contributed by atoms with Gasteiger partial charge >= 0.3 is 5.97 Å². The van der Waals surface area contributed by atoms with E-state index in [1.165, 1.54) is 7.11 Å². The van der Waals surface area contributed by atoms with Crippen LogP contribution in [-0.2, 0) is 4.74 Å². The lowest BCUT2D eigenvalue weighted by Gasteiger charge is -2.12. The Hall–Kier alpha value is -2.08. The topological polar surface area (TPSA) is 75.9 Å². The molecule has 2 aromatic heterocycles. The number of aromatic nitrogens is 2. The van der Waals surface area contributed by atoms with Crippen molar-refractivity contribution in [1.29, 1.82) is 0 Å². The molecular weight excluding hydrogens is 270 g/mol. The van der Waals surface area contributed by atoms with Crippen LogP contribution < -0.4 is 5.32 Å². The molecular formula is C15H19N3O3. The van der Waals surface area contributed by atoms with Crippen LogP contribution in [0.25, 0.3) is 5.52 Å². The molecule has 1 unspecified atom stereocenters. The number of ether oxygens (including phenoxy) is 1. The molecule has 0 radical (unpaired) electrons. The van der Waals surface area contributed by atoms with E-state index in [0.717, 1.165) is 38.2 Å². The summed E-state index contributed by atoms with van der Waals surface area (Å²) in [6.45, 7) is 1.87. The zero-order valence-corrected chi connectivity index (χ0v) is 12.0. The maximum Gasteiger partial charge on any atom is 0.358 e. The molecule has 1 aliphatic heterocycles. The summed E-state index contributed by atoms with van der Waals surface area (Å²) in [5.41, 5.74) is 0.841. The lowest BCUT2D eigenvalue weighted by atomic mass is 10.0. The van der Waals surface area contributed by atoms with Gasteiger partial charge in [0.05, 0.1) is 12.6 Å². The Morgan fingerprint density at radius 2 is 2.38 bits per heavy atom. The third-order valence-corrected chi connectivity index (χ3v) is 3.95. The zero-order chi connectivity index (χ0) is 14.8. The highest BCUT2D eigenvalue weighted by atomic mass is 16.5. The summed E-state index contributed by atoms with van der Waals surface area (Å²) in [4.78, 5) is 16.4. The lowest BCUT2D eigenvalue weighted by Crippen LogP contribution is -2.20. The van der Waals surface area contributed by atoms with E-state index in [4.69, 9.17) is 4.74 Å². The van der Waals surface area contributed by atoms with Gasteiger partial charge in [-0.1, -0.05) is 6.42 Å². The summed E-state index contributed by atoms with van der Waals surface area (Å²) in [6, 6.07) is 3.15. The van der Waals surface area contributed by atoms with E-state index in [1.807, 2.05) is 4.40 Å². The van der Waals surface area contributed by atoms with Crippen LogP contribution in [0.15, 0.2) is 18.3 Å². The summed E-state index contributed by atoms with van der Waals surface area (Å²) in [5, 5.41) is 13.1. The first kappa shape index (κ1) is 13.9. The molecule has 0 bridgehead atoms. The van der Waals surface area contributed by atoms with Gasteiger partial charge in [0, 0.05) is 24.7 Å². The van der Waals surface area contributed by atoms with Crippen molar-refractivity contribution >= 4 is 11.5 Å². The third kappa shape index (κ3) is 2.58. The van der Waals surface area contributed by atoms with Crippen molar-refractivity contribution in [3.8, 4) is 5.75 Å². The van der Waals surface area contributed by atoms with E-state index < -0.39 is 5.97 Å². The highest BCUT2D eigenvalue weighted by Crippen LogP contribution is 2.27. The van der Waals surface area contributed by atoms with Gasteiger partial charge in [0.15, 0.2) is 5.69 Å². The molecule has 6 nitrogen and oxygen atoms in total. The molecule has 1 atom stereocenters. The smallest absolute Gasteiger partial charge is 0.358 e. The molecule has 0 amide bonds. The number of methoxy groups -OCH3 is 1. The average Bonchev–Trinajstić information content (AvgIpc) is 2.68. The van der Waals surface area contributed by atoms with Crippen LogP contribution in [-0.4, -0.2) is 40.7 Å². The minimum absolute atomic E-state index is 0.109. The van der Waals surface area contributed by atoms with Crippen molar-refractivity contribution in [1.82, 2.24) is 14.7 Å². The number of carbonyl (C=O) groups excluding carboxylic acids is 1. The van der Waals surface area contributed by atoms with Crippen LogP contribution in [0.2, 0.25) is 0 Å². The highest BCUT2D eigenvalue weighted by molar-refractivity contribution is 5.95. The molecule has 2 N–H and O–H groups in total. The van der Waals surface area contributed by atoms with Gasteiger partial charge in [-0.25, -0.2) is 9.78 Å². The van der Waals surface area contributed by atoms with Crippen molar-refractivity contribution < 1.29 is 14.6 Å². The SMILES string of the molecule is COC(=O)c1nc(C2CCCCNC2)n2ccc(O)cc12. The molecule has 1 saturated heterocycles. The number of hydrogen-bond donors (Lipinski definition) is 2. The second-order valence-electron chi connectivity index (χ2n) is 5.35. The van der Waals surface area contributed by atoms with Gasteiger partial charge in [-0.15, -0.1) is 0 Å². The van der Waals surface area contributed by atoms with Crippen molar-refractivity contribution in [2.75, 3.05) is 20.2 Å². The number of imidazole rings is 1. The van der Waals surface area contributed by atoms with Crippen LogP contribution in [0.3, 0.4) is 0 Å². The van der Waals surface area contributed by atoms with Crippen LogP contribution in [0, 0.1) is 0 Å². The predicted molar refractivity (Wildman–Crippen MR) is 77.7 cm³/mol. The van der Waals surface area contributed by atoms with E-state index >= 15 is 0 Å². The molecule has 3 rings (SSSR count). The molecule has 0 aromatic carbocycles. The van der Waals surface area contributed by atoms with Crippen molar-refractivity contribution in [2.24, 2.45) is 0 Å². The number of aromatic hydroxyl groups is 1. The molecule has 2 aromatic rings. The molecule has 6 heteroatoms. The number of hydrogen-bond acceptors (Lipinski definition) is 5. The van der Waals surface area contributed by atoms with E-state index in [9.17, 15) is 9.90 Å². The van der Waals surface area contributed by atoms with Crippen LogP contribution in [0.1, 0.15) is 41.5 Å². The number of esters is 1. The Balaban J connectivity index is 2.11. The monoisotopic (exact) mass is 289 g/mol. The molecule has 0 spiro atoms. The summed E-state index contributed by atoms with van der Waals surface area (Å²) in [6.07, 6.45) is 5.08. The van der Waals surface area contributed by atoms with Crippen molar-refractivity contribution in [2.45, 2.75) is 25.2 Å². The summed E-state index contributed by atoms with van der Waals surface area (Å²) in [5.74, 6) is 0.728. The molecule has 1 aliphatic rings. The first-order chi connectivity index (χ1) is 10.2. The fourth-order valence-electron chi connectivity index (χ4n) is 2.87. The number of rotatable bonds is 2. The molecule has 3 heterocycles. The van der Waals surface area contributed by atoms with Crippen molar-refractivity contribution in [3.63, 3.8) is 0 Å². The second-order valence-corrected chi connectivity index (χ2v) is 5.35. The normalized spacial score (nSPS) is 19.4. The lowest BCUT2D eigenvalue weighted by molar-refractivity contribution is 0.0596. The van der Waals surface area contributed by atoms with Gasteiger partial charge in [0.1, 0.15) is 11.6 Å². The molecule has 21 heavy (non-hydrogen) atoms. The quantitative estimate of drug-likeness (QED) is 0.823. The Labute approximate surface area is 122 Å². The summed E-state index contributed by atoms with van der Waals surface area (Å²) < 4.78 is 6.68. The molecule has 112 valence electrons. The van der Waals surface area contributed by atoms with E-state index in [2.05, 4.69) is 10.3 Å². The van der Waals surface area contributed by atoms with Crippen molar-refractivity contribution in [3.05, 3.63) is 29.8 Å². The summed E-state index contributed by atoms with van der Waals surface area (Å²) >= 11 is 0. The average molecular weight is 289 g/mol. The zero-order valence-electron chi connectivity index (χ0n) is 12.0. The third-order valence-electron chi connectivity index (χ3n) is 3.95. The standard InChI is InChI=1S/C15H19N3O3/c1-21-15(20)13-12-8-11(19)5-7-18(12)14(17-13)10-4-2-3-6-16-9-10/h5,7-8,10,16,19H,2-4,6,9H2,1H3. The number of nitrogens with zero attached hydrogens (tertiary/aromatic N) is 2. The van der Waals surface area contributed by atoms with Gasteiger partial charge in [-0.05, 0) is 25.5 Å². The van der Waals surface area contributed by atoms with Gasteiger partial charge in [0.25, 0.3) is 0 Å². The molecule has 1 fully saturated rings. The first-order valence-corrected chi connectivity index (χ1v) is 7.20. The van der Waals surface area contributed by atoms with E-state index in [1.54, 1.807) is 18.3 Å². The second kappa shape index (κ2) is 5.73. The predicted octanol–water partition coefficient (Wildman–Crippen LogP) is 1.68. The Morgan fingerprint density at radius 3 is 3.19 bits per heavy atom. The van der Waals surface area contributed by atoms with Crippen LogP contribution >= 0.6 is 0 Å². The maximum atomic E-state index is 11.9. The van der Waals surface area contributed by atoms with Crippen LogP contribution in [0.4, 0.5) is 0 Å². The fourth-order valence-corrected chi connectivity index (χ4v) is 2.87. The maximum absolute atomic E-state index is 11.9. The van der Waals surface area contributed by atoms with Gasteiger partial charge in [-0.2, -0.15) is 0 Å². The number of carbonyl (C=O) groups is 1. The fraction of sp³-hybridized carbons (Fsp3) is 0.467.